The first-order valence-corrected chi connectivity index (χ1v) is 11.7. The van der Waals surface area contributed by atoms with E-state index < -0.39 is 5.97 Å². The molecule has 2 amide bonds. The van der Waals surface area contributed by atoms with Crippen LogP contribution >= 0.6 is 11.3 Å². The standard InChI is InChI=1S/C24H21FN4O5S/c1-15-18-13-20(35-23(18)29(26-15)17-6-4-16(25)5-7-17)24(32)34-14-21(30)27-8-10-28(11-9-27)22(31)19-3-2-12-33-19/h2-7,12-13H,8-11,14H2,1H3. The maximum atomic E-state index is 13.3. The van der Waals surface area contributed by atoms with E-state index >= 15 is 0 Å². The van der Waals surface area contributed by atoms with Gasteiger partial charge in [0, 0.05) is 31.6 Å². The van der Waals surface area contributed by atoms with Gasteiger partial charge in [-0.05, 0) is 49.4 Å². The van der Waals surface area contributed by atoms with Crippen molar-refractivity contribution in [2.24, 2.45) is 0 Å². The number of rotatable bonds is 5. The zero-order chi connectivity index (χ0) is 24.5. The highest BCUT2D eigenvalue weighted by Gasteiger charge is 2.27. The number of hydrogen-bond donors (Lipinski definition) is 0. The summed E-state index contributed by atoms with van der Waals surface area (Å²) in [4.78, 5) is 41.8. The lowest BCUT2D eigenvalue weighted by Gasteiger charge is -2.34. The molecule has 0 radical (unpaired) electrons. The minimum Gasteiger partial charge on any atom is -0.459 e. The summed E-state index contributed by atoms with van der Waals surface area (Å²) in [5.41, 5.74) is 1.39. The van der Waals surface area contributed by atoms with Crippen molar-refractivity contribution in [1.82, 2.24) is 19.6 Å². The Kier molecular flexibility index (Phi) is 6.08. The van der Waals surface area contributed by atoms with Crippen LogP contribution in [-0.2, 0) is 9.53 Å². The Balaban J connectivity index is 1.19. The fraction of sp³-hybridized carbons (Fsp3) is 0.250. The van der Waals surface area contributed by atoms with Gasteiger partial charge in [0.1, 0.15) is 15.5 Å². The predicted octanol–water partition coefficient (Wildman–Crippen LogP) is 3.27. The lowest BCUT2D eigenvalue weighted by atomic mass is 10.3. The molecule has 0 N–H and O–H groups in total. The van der Waals surface area contributed by atoms with Crippen LogP contribution in [-0.4, -0.2) is 70.1 Å². The van der Waals surface area contributed by atoms with Crippen molar-refractivity contribution in [3.05, 3.63) is 70.9 Å². The molecule has 3 aromatic heterocycles. The lowest BCUT2D eigenvalue weighted by Crippen LogP contribution is -2.51. The topological polar surface area (TPSA) is 97.9 Å². The van der Waals surface area contributed by atoms with Gasteiger partial charge >= 0.3 is 5.97 Å². The monoisotopic (exact) mass is 496 g/mol. The minimum atomic E-state index is -0.601. The van der Waals surface area contributed by atoms with Crippen molar-refractivity contribution in [3.63, 3.8) is 0 Å². The van der Waals surface area contributed by atoms with Crippen LogP contribution in [0.5, 0.6) is 0 Å². The van der Waals surface area contributed by atoms with E-state index in [0.717, 1.165) is 15.9 Å². The zero-order valence-electron chi connectivity index (χ0n) is 18.8. The van der Waals surface area contributed by atoms with Gasteiger partial charge in [-0.25, -0.2) is 13.9 Å². The van der Waals surface area contributed by atoms with Gasteiger partial charge in [-0.3, -0.25) is 9.59 Å². The van der Waals surface area contributed by atoms with Crippen molar-refractivity contribution in [3.8, 4) is 5.69 Å². The van der Waals surface area contributed by atoms with E-state index in [1.165, 1.54) is 29.7 Å². The molecule has 4 aromatic rings. The number of carbonyl (C=O) groups excluding carboxylic acids is 3. The molecule has 1 fully saturated rings. The third-order valence-corrected chi connectivity index (χ3v) is 6.89. The van der Waals surface area contributed by atoms with Crippen LogP contribution in [0.15, 0.2) is 53.1 Å². The van der Waals surface area contributed by atoms with E-state index in [2.05, 4.69) is 5.10 Å². The number of furan rings is 1. The fourth-order valence-corrected chi connectivity index (χ4v) is 4.99. The van der Waals surface area contributed by atoms with Crippen LogP contribution in [0.4, 0.5) is 4.39 Å². The number of amides is 2. The third kappa shape index (κ3) is 4.54. The number of fused-ring (bicyclic) bond motifs is 1. The number of piperazine rings is 1. The van der Waals surface area contributed by atoms with Crippen molar-refractivity contribution in [2.75, 3.05) is 32.8 Å². The van der Waals surface area contributed by atoms with Gasteiger partial charge in [0.2, 0.25) is 0 Å². The number of esters is 1. The third-order valence-electron chi connectivity index (χ3n) is 5.80. The molecule has 35 heavy (non-hydrogen) atoms. The number of nitrogens with zero attached hydrogens (tertiary/aromatic N) is 4. The molecule has 9 nitrogen and oxygen atoms in total. The molecule has 4 heterocycles. The molecule has 11 heteroatoms. The number of aryl methyl sites for hydroxylation is 1. The quantitative estimate of drug-likeness (QED) is 0.394. The summed E-state index contributed by atoms with van der Waals surface area (Å²) in [5, 5.41) is 5.27. The minimum absolute atomic E-state index is 0.215. The number of aromatic nitrogens is 2. The molecule has 0 spiro atoms. The molecule has 0 saturated carbocycles. The first-order valence-electron chi connectivity index (χ1n) is 10.9. The summed E-state index contributed by atoms with van der Waals surface area (Å²) in [6.45, 7) is 2.87. The van der Waals surface area contributed by atoms with E-state index in [-0.39, 0.29) is 30.0 Å². The average Bonchev–Trinajstić information content (AvgIpc) is 3.61. The summed E-state index contributed by atoms with van der Waals surface area (Å²) in [6.07, 6.45) is 1.44. The smallest absolute Gasteiger partial charge is 0.348 e. The number of benzene rings is 1. The molecule has 180 valence electrons. The molecule has 5 rings (SSSR count). The highest BCUT2D eigenvalue weighted by molar-refractivity contribution is 7.20. The summed E-state index contributed by atoms with van der Waals surface area (Å²) in [6, 6.07) is 10.9. The summed E-state index contributed by atoms with van der Waals surface area (Å²) < 4.78 is 25.4. The van der Waals surface area contributed by atoms with Crippen LogP contribution in [0.3, 0.4) is 0 Å². The number of thiophene rings is 1. The Bertz CT molecular complexity index is 1390. The van der Waals surface area contributed by atoms with E-state index in [9.17, 15) is 18.8 Å². The largest absolute Gasteiger partial charge is 0.459 e. The van der Waals surface area contributed by atoms with Gasteiger partial charge in [0.15, 0.2) is 12.4 Å². The van der Waals surface area contributed by atoms with E-state index in [4.69, 9.17) is 9.15 Å². The molecule has 0 bridgehead atoms. The van der Waals surface area contributed by atoms with Crippen molar-refractivity contribution >= 4 is 39.3 Å². The van der Waals surface area contributed by atoms with Crippen LogP contribution in [0.25, 0.3) is 15.9 Å². The fourth-order valence-electron chi connectivity index (χ4n) is 3.91. The normalized spacial score (nSPS) is 13.9. The zero-order valence-corrected chi connectivity index (χ0v) is 19.6. The van der Waals surface area contributed by atoms with Crippen LogP contribution < -0.4 is 0 Å². The Labute approximate surface area is 203 Å². The summed E-state index contributed by atoms with van der Waals surface area (Å²) in [7, 11) is 0. The van der Waals surface area contributed by atoms with E-state index in [1.54, 1.807) is 44.8 Å². The molecular weight excluding hydrogens is 475 g/mol. The molecule has 0 atom stereocenters. The summed E-state index contributed by atoms with van der Waals surface area (Å²) >= 11 is 1.20. The van der Waals surface area contributed by atoms with Gasteiger partial charge in [-0.1, -0.05) is 0 Å². The summed E-state index contributed by atoms with van der Waals surface area (Å²) in [5.74, 6) is -1.22. The predicted molar refractivity (Wildman–Crippen MR) is 125 cm³/mol. The molecule has 1 aliphatic heterocycles. The number of ether oxygens (including phenoxy) is 1. The molecule has 1 aliphatic rings. The van der Waals surface area contributed by atoms with Crippen LogP contribution in [0, 0.1) is 12.7 Å². The second-order valence-corrected chi connectivity index (χ2v) is 9.06. The van der Waals surface area contributed by atoms with Gasteiger partial charge in [-0.15, -0.1) is 11.3 Å². The number of hydrogen-bond acceptors (Lipinski definition) is 7. The van der Waals surface area contributed by atoms with Gasteiger partial charge in [0.05, 0.1) is 17.6 Å². The highest BCUT2D eigenvalue weighted by atomic mass is 32.1. The second-order valence-electron chi connectivity index (χ2n) is 8.03. The van der Waals surface area contributed by atoms with Gasteiger partial charge in [-0.2, -0.15) is 5.10 Å². The molecule has 0 unspecified atom stereocenters. The van der Waals surface area contributed by atoms with E-state index in [0.29, 0.717) is 36.7 Å². The highest BCUT2D eigenvalue weighted by Crippen LogP contribution is 2.31. The van der Waals surface area contributed by atoms with Gasteiger partial charge in [0.25, 0.3) is 11.8 Å². The first-order chi connectivity index (χ1) is 16.9. The molecule has 1 aromatic carbocycles. The Morgan fingerprint density at radius 3 is 2.49 bits per heavy atom. The lowest BCUT2D eigenvalue weighted by molar-refractivity contribution is -0.136. The Hall–Kier alpha value is -3.99. The first kappa shape index (κ1) is 22.8. The molecule has 1 saturated heterocycles. The van der Waals surface area contributed by atoms with Crippen molar-refractivity contribution in [2.45, 2.75) is 6.92 Å². The second kappa shape index (κ2) is 9.34. The molecule has 0 aliphatic carbocycles. The number of halogens is 1. The number of carbonyl (C=O) groups is 3. The van der Waals surface area contributed by atoms with Crippen LogP contribution in [0.2, 0.25) is 0 Å². The van der Waals surface area contributed by atoms with Crippen LogP contribution in [0.1, 0.15) is 25.9 Å². The van der Waals surface area contributed by atoms with E-state index in [1.807, 2.05) is 6.92 Å². The molecular formula is C24H21FN4O5S. The average molecular weight is 497 g/mol. The Morgan fingerprint density at radius 1 is 1.09 bits per heavy atom. The van der Waals surface area contributed by atoms with Crippen molar-refractivity contribution in [1.29, 1.82) is 0 Å². The SMILES string of the molecule is Cc1nn(-c2ccc(F)cc2)c2sc(C(=O)OCC(=O)N3CCN(C(=O)c4ccco4)CC3)cc12. The van der Waals surface area contributed by atoms with Gasteiger partial charge < -0.3 is 19.0 Å². The Morgan fingerprint density at radius 2 is 1.80 bits per heavy atom. The maximum absolute atomic E-state index is 13.3. The van der Waals surface area contributed by atoms with Crippen molar-refractivity contribution < 1.29 is 27.9 Å². The maximum Gasteiger partial charge on any atom is 0.348 e.